The van der Waals surface area contributed by atoms with Gasteiger partial charge in [0, 0.05) is 10.5 Å². The minimum absolute atomic E-state index is 0.00274. The summed E-state index contributed by atoms with van der Waals surface area (Å²) >= 11 is 1.66. The Kier molecular flexibility index (Phi) is 5.07. The zero-order valence-corrected chi connectivity index (χ0v) is 13.7. The SMILES string of the molecule is CSc1ccc(C(=O)COc2c(C)ccc(C)c2C)cc1. The lowest BCUT2D eigenvalue weighted by Crippen LogP contribution is -2.13. The van der Waals surface area contributed by atoms with Crippen LogP contribution in [0.1, 0.15) is 27.0 Å². The molecule has 0 saturated heterocycles. The average Bonchev–Trinajstić information content (AvgIpc) is 2.51. The second-order valence-electron chi connectivity index (χ2n) is 5.09. The number of thioether (sulfide) groups is 1. The number of carbonyl (C=O) groups excluding carboxylic acids is 1. The van der Waals surface area contributed by atoms with Crippen molar-refractivity contribution in [1.82, 2.24) is 0 Å². The Bertz CT molecular complexity index is 645. The minimum Gasteiger partial charge on any atom is -0.485 e. The molecule has 0 bridgehead atoms. The molecule has 0 atom stereocenters. The van der Waals surface area contributed by atoms with Crippen molar-refractivity contribution in [2.24, 2.45) is 0 Å². The topological polar surface area (TPSA) is 26.3 Å². The molecule has 0 radical (unpaired) electrons. The van der Waals surface area contributed by atoms with Gasteiger partial charge < -0.3 is 4.74 Å². The van der Waals surface area contributed by atoms with Gasteiger partial charge in [-0.15, -0.1) is 11.8 Å². The predicted octanol–water partition coefficient (Wildman–Crippen LogP) is 4.60. The van der Waals surface area contributed by atoms with Gasteiger partial charge in [0.1, 0.15) is 5.75 Å². The molecule has 2 rings (SSSR count). The van der Waals surface area contributed by atoms with Crippen LogP contribution in [-0.2, 0) is 0 Å². The molecule has 0 aliphatic heterocycles. The van der Waals surface area contributed by atoms with Gasteiger partial charge in [-0.1, -0.05) is 24.3 Å². The van der Waals surface area contributed by atoms with Crippen LogP contribution in [0.25, 0.3) is 0 Å². The van der Waals surface area contributed by atoms with Gasteiger partial charge in [-0.3, -0.25) is 4.79 Å². The van der Waals surface area contributed by atoms with E-state index >= 15 is 0 Å². The van der Waals surface area contributed by atoms with Crippen molar-refractivity contribution < 1.29 is 9.53 Å². The number of ketones is 1. The Morgan fingerprint density at radius 1 is 1.00 bits per heavy atom. The molecule has 21 heavy (non-hydrogen) atoms. The maximum absolute atomic E-state index is 12.2. The fourth-order valence-electron chi connectivity index (χ4n) is 2.15. The fourth-order valence-corrected chi connectivity index (χ4v) is 2.55. The molecule has 0 N–H and O–H groups in total. The number of aryl methyl sites for hydroxylation is 2. The van der Waals surface area contributed by atoms with E-state index in [9.17, 15) is 4.79 Å². The summed E-state index contributed by atoms with van der Waals surface area (Å²) in [5.74, 6) is 0.826. The molecule has 3 heteroatoms. The number of ether oxygens (including phenoxy) is 1. The highest BCUT2D eigenvalue weighted by Crippen LogP contribution is 2.26. The molecule has 0 unspecified atom stereocenters. The van der Waals surface area contributed by atoms with Gasteiger partial charge in [0.05, 0.1) is 0 Å². The molecule has 110 valence electrons. The van der Waals surface area contributed by atoms with Gasteiger partial charge in [0.25, 0.3) is 0 Å². The first-order chi connectivity index (χ1) is 10.0. The third-order valence-corrected chi connectivity index (χ3v) is 4.38. The van der Waals surface area contributed by atoms with Crippen LogP contribution in [-0.4, -0.2) is 18.6 Å². The Morgan fingerprint density at radius 3 is 2.24 bits per heavy atom. The number of hydrogen-bond acceptors (Lipinski definition) is 3. The Balaban J connectivity index is 2.09. The van der Waals surface area contributed by atoms with Crippen LogP contribution in [0.4, 0.5) is 0 Å². The van der Waals surface area contributed by atoms with E-state index in [1.54, 1.807) is 11.8 Å². The fraction of sp³-hybridized carbons (Fsp3) is 0.278. The molecular weight excluding hydrogens is 280 g/mol. The molecule has 0 aliphatic carbocycles. The summed E-state index contributed by atoms with van der Waals surface area (Å²) < 4.78 is 5.77. The van der Waals surface area contributed by atoms with Crippen molar-refractivity contribution >= 4 is 17.5 Å². The van der Waals surface area contributed by atoms with E-state index in [1.165, 1.54) is 5.56 Å². The lowest BCUT2D eigenvalue weighted by Gasteiger charge is -2.13. The standard InChI is InChI=1S/C18H20O2S/c1-12-5-6-13(2)18(14(12)3)20-11-17(19)15-7-9-16(21-4)10-8-15/h5-10H,11H2,1-4H3. The zero-order valence-electron chi connectivity index (χ0n) is 12.9. The van der Waals surface area contributed by atoms with Crippen molar-refractivity contribution in [2.45, 2.75) is 25.7 Å². The van der Waals surface area contributed by atoms with E-state index in [2.05, 4.69) is 6.07 Å². The second-order valence-corrected chi connectivity index (χ2v) is 5.97. The lowest BCUT2D eigenvalue weighted by molar-refractivity contribution is 0.0920. The summed E-state index contributed by atoms with van der Waals surface area (Å²) in [7, 11) is 0. The number of rotatable bonds is 5. The monoisotopic (exact) mass is 300 g/mol. The van der Waals surface area contributed by atoms with Crippen molar-refractivity contribution in [3.63, 3.8) is 0 Å². The van der Waals surface area contributed by atoms with Crippen LogP contribution in [0.3, 0.4) is 0 Å². The highest BCUT2D eigenvalue weighted by Gasteiger charge is 2.11. The van der Waals surface area contributed by atoms with Crippen LogP contribution >= 0.6 is 11.8 Å². The number of carbonyl (C=O) groups is 1. The highest BCUT2D eigenvalue weighted by molar-refractivity contribution is 7.98. The summed E-state index contributed by atoms with van der Waals surface area (Å²) in [6.45, 7) is 6.14. The third-order valence-electron chi connectivity index (χ3n) is 3.63. The van der Waals surface area contributed by atoms with Crippen molar-refractivity contribution in [3.8, 4) is 5.75 Å². The van der Waals surface area contributed by atoms with E-state index in [4.69, 9.17) is 4.74 Å². The molecule has 0 spiro atoms. The molecular formula is C18H20O2S. The van der Waals surface area contributed by atoms with Gasteiger partial charge in [-0.2, -0.15) is 0 Å². The number of hydrogen-bond donors (Lipinski definition) is 0. The Hall–Kier alpha value is -1.74. The van der Waals surface area contributed by atoms with Crippen molar-refractivity contribution in [2.75, 3.05) is 12.9 Å². The average molecular weight is 300 g/mol. The first kappa shape index (κ1) is 15.6. The van der Waals surface area contributed by atoms with Crippen LogP contribution in [0.2, 0.25) is 0 Å². The van der Waals surface area contributed by atoms with E-state index in [0.29, 0.717) is 5.56 Å². The van der Waals surface area contributed by atoms with Crippen molar-refractivity contribution in [1.29, 1.82) is 0 Å². The summed E-state index contributed by atoms with van der Waals surface area (Å²) in [6, 6.07) is 11.7. The zero-order chi connectivity index (χ0) is 15.4. The van der Waals surface area contributed by atoms with Crippen LogP contribution < -0.4 is 4.74 Å². The second kappa shape index (κ2) is 6.81. The maximum atomic E-state index is 12.2. The highest BCUT2D eigenvalue weighted by atomic mass is 32.2. The van der Waals surface area contributed by atoms with Gasteiger partial charge in [-0.05, 0) is 55.9 Å². The van der Waals surface area contributed by atoms with Gasteiger partial charge in [-0.25, -0.2) is 0 Å². The molecule has 0 amide bonds. The lowest BCUT2D eigenvalue weighted by atomic mass is 10.1. The molecule has 0 aromatic heterocycles. The normalized spacial score (nSPS) is 10.5. The molecule has 2 nitrogen and oxygen atoms in total. The summed E-state index contributed by atoms with van der Waals surface area (Å²) in [5, 5.41) is 0. The van der Waals surface area contributed by atoms with E-state index < -0.39 is 0 Å². The molecule has 0 aliphatic rings. The predicted molar refractivity (Wildman–Crippen MR) is 88.7 cm³/mol. The van der Waals surface area contributed by atoms with Crippen LogP contribution in [0.15, 0.2) is 41.3 Å². The van der Waals surface area contributed by atoms with E-state index in [0.717, 1.165) is 21.8 Å². The molecule has 0 fully saturated rings. The van der Waals surface area contributed by atoms with Gasteiger partial charge in [0.15, 0.2) is 12.4 Å². The third kappa shape index (κ3) is 3.67. The Labute approximate surface area is 130 Å². The molecule has 2 aromatic rings. The van der Waals surface area contributed by atoms with E-state index in [1.807, 2.05) is 57.4 Å². The summed E-state index contributed by atoms with van der Waals surface area (Å²) in [4.78, 5) is 13.3. The smallest absolute Gasteiger partial charge is 0.200 e. The number of benzene rings is 2. The largest absolute Gasteiger partial charge is 0.485 e. The van der Waals surface area contributed by atoms with Crippen molar-refractivity contribution in [3.05, 3.63) is 58.7 Å². The van der Waals surface area contributed by atoms with Gasteiger partial charge >= 0.3 is 0 Å². The Morgan fingerprint density at radius 2 is 1.62 bits per heavy atom. The first-order valence-corrected chi connectivity index (χ1v) is 8.12. The number of Topliss-reactive ketones (excluding diaryl/α,β-unsaturated/α-hetero) is 1. The van der Waals surface area contributed by atoms with Crippen LogP contribution in [0.5, 0.6) is 5.75 Å². The summed E-state index contributed by atoms with van der Waals surface area (Å²) in [5.41, 5.74) is 4.02. The first-order valence-electron chi connectivity index (χ1n) is 6.89. The molecule has 0 heterocycles. The quantitative estimate of drug-likeness (QED) is 0.596. The van der Waals surface area contributed by atoms with Crippen LogP contribution in [0, 0.1) is 20.8 Å². The molecule has 0 saturated carbocycles. The van der Waals surface area contributed by atoms with Gasteiger partial charge in [0.2, 0.25) is 0 Å². The van der Waals surface area contributed by atoms with E-state index in [-0.39, 0.29) is 12.4 Å². The minimum atomic E-state index is 0.00274. The summed E-state index contributed by atoms with van der Waals surface area (Å²) in [6.07, 6.45) is 2.02. The molecule has 2 aromatic carbocycles. The maximum Gasteiger partial charge on any atom is 0.200 e.